The second kappa shape index (κ2) is 7.71. The van der Waals surface area contributed by atoms with Gasteiger partial charge in [0.2, 0.25) is 17.7 Å². The summed E-state index contributed by atoms with van der Waals surface area (Å²) in [6.45, 7) is 7.83. The van der Waals surface area contributed by atoms with Crippen LogP contribution in [-0.4, -0.2) is 53.2 Å². The van der Waals surface area contributed by atoms with Crippen LogP contribution in [0.3, 0.4) is 0 Å². The molecule has 0 aliphatic carbocycles. The fourth-order valence-corrected chi connectivity index (χ4v) is 4.14. The lowest BCUT2D eigenvalue weighted by Crippen LogP contribution is -2.44. The predicted octanol–water partition coefficient (Wildman–Crippen LogP) is 1.80. The molecule has 0 unspecified atom stereocenters. The molecule has 2 saturated heterocycles. The molecule has 2 heterocycles. The Morgan fingerprint density at radius 2 is 2.00 bits per heavy atom. The monoisotopic (exact) mass is 371 g/mol. The van der Waals surface area contributed by atoms with Crippen LogP contribution in [0.5, 0.6) is 0 Å². The van der Waals surface area contributed by atoms with E-state index in [-0.39, 0.29) is 23.6 Å². The zero-order chi connectivity index (χ0) is 19.6. The molecule has 3 rings (SSSR count). The van der Waals surface area contributed by atoms with Gasteiger partial charge in [0, 0.05) is 32.1 Å². The number of carbonyl (C=O) groups excluding carboxylic acids is 3. The Labute approximate surface area is 160 Å². The lowest BCUT2D eigenvalue weighted by Gasteiger charge is -2.25. The van der Waals surface area contributed by atoms with Crippen molar-refractivity contribution in [1.82, 2.24) is 15.1 Å². The van der Waals surface area contributed by atoms with Crippen LogP contribution in [0.4, 0.5) is 0 Å². The van der Waals surface area contributed by atoms with E-state index in [0.717, 1.165) is 5.56 Å². The van der Waals surface area contributed by atoms with E-state index in [1.165, 1.54) is 0 Å². The van der Waals surface area contributed by atoms with Crippen LogP contribution in [0, 0.1) is 11.3 Å². The number of likely N-dealkylation sites (N-methyl/N-ethyl adjacent to an activating group) is 1. The molecule has 2 fully saturated rings. The smallest absolute Gasteiger partial charge is 0.245 e. The van der Waals surface area contributed by atoms with Gasteiger partial charge in [-0.2, -0.15) is 0 Å². The molecule has 0 radical (unpaired) electrons. The molecule has 6 heteroatoms. The topological polar surface area (TPSA) is 69.7 Å². The Morgan fingerprint density at radius 1 is 1.30 bits per heavy atom. The standard InChI is InChI=1S/C21H29N3O3/c1-4-23(13-16-8-6-5-7-9-16)19(26)17-12-21(20(27)22-17)10-11-24(14-21)18(25)15(2)3/h5-9,15,17H,4,10-14H2,1-3H3,(H,22,27)/t17-,21+/m0/s1. The lowest BCUT2D eigenvalue weighted by atomic mass is 9.83. The van der Waals surface area contributed by atoms with Crippen LogP contribution in [0.25, 0.3) is 0 Å². The molecule has 6 nitrogen and oxygen atoms in total. The molecule has 2 atom stereocenters. The molecule has 1 spiro atoms. The zero-order valence-corrected chi connectivity index (χ0v) is 16.4. The minimum absolute atomic E-state index is 0.0415. The number of nitrogens with one attached hydrogen (secondary N) is 1. The van der Waals surface area contributed by atoms with Crippen LogP contribution < -0.4 is 5.32 Å². The van der Waals surface area contributed by atoms with Crippen molar-refractivity contribution in [2.45, 2.75) is 46.2 Å². The summed E-state index contributed by atoms with van der Waals surface area (Å²) in [5, 5.41) is 2.91. The van der Waals surface area contributed by atoms with E-state index in [1.54, 1.807) is 9.80 Å². The average molecular weight is 371 g/mol. The Balaban J connectivity index is 1.67. The van der Waals surface area contributed by atoms with E-state index in [9.17, 15) is 14.4 Å². The molecular weight excluding hydrogens is 342 g/mol. The minimum Gasteiger partial charge on any atom is -0.344 e. The van der Waals surface area contributed by atoms with Crippen molar-refractivity contribution in [3.8, 4) is 0 Å². The molecule has 0 aromatic heterocycles. The highest BCUT2D eigenvalue weighted by molar-refractivity contribution is 5.95. The number of likely N-dealkylation sites (tertiary alicyclic amines) is 1. The highest BCUT2D eigenvalue weighted by Gasteiger charge is 2.53. The average Bonchev–Trinajstić information content (AvgIpc) is 3.24. The SMILES string of the molecule is CCN(Cc1ccccc1)C(=O)[C@@H]1C[C@@]2(CCN(C(=O)C(C)C)C2)C(=O)N1. The van der Waals surface area contributed by atoms with Crippen LogP contribution in [-0.2, 0) is 20.9 Å². The van der Waals surface area contributed by atoms with Crippen molar-refractivity contribution in [3.63, 3.8) is 0 Å². The number of rotatable bonds is 5. The van der Waals surface area contributed by atoms with Crippen molar-refractivity contribution in [2.24, 2.45) is 11.3 Å². The summed E-state index contributed by atoms with van der Waals surface area (Å²) in [5.74, 6) is -0.131. The Hall–Kier alpha value is -2.37. The third kappa shape index (κ3) is 3.84. The number of hydrogen-bond donors (Lipinski definition) is 1. The Kier molecular flexibility index (Phi) is 5.53. The maximum atomic E-state index is 13.0. The van der Waals surface area contributed by atoms with Gasteiger partial charge in [-0.15, -0.1) is 0 Å². The number of hydrogen-bond acceptors (Lipinski definition) is 3. The highest BCUT2D eigenvalue weighted by atomic mass is 16.2. The number of amides is 3. The fourth-order valence-electron chi connectivity index (χ4n) is 4.14. The first-order valence-corrected chi connectivity index (χ1v) is 9.79. The van der Waals surface area contributed by atoms with Crippen molar-refractivity contribution in [2.75, 3.05) is 19.6 Å². The largest absolute Gasteiger partial charge is 0.344 e. The van der Waals surface area contributed by atoms with E-state index in [0.29, 0.717) is 39.0 Å². The molecule has 2 aliphatic heterocycles. The summed E-state index contributed by atoms with van der Waals surface area (Å²) in [6.07, 6.45) is 1.10. The molecule has 1 aromatic rings. The molecule has 0 saturated carbocycles. The van der Waals surface area contributed by atoms with Gasteiger partial charge in [-0.1, -0.05) is 44.2 Å². The Morgan fingerprint density at radius 3 is 2.63 bits per heavy atom. The van der Waals surface area contributed by atoms with Gasteiger partial charge in [0.15, 0.2) is 0 Å². The second-order valence-electron chi connectivity index (χ2n) is 8.01. The fraction of sp³-hybridized carbons (Fsp3) is 0.571. The highest BCUT2D eigenvalue weighted by Crippen LogP contribution is 2.40. The lowest BCUT2D eigenvalue weighted by molar-refractivity contribution is -0.135. The van der Waals surface area contributed by atoms with E-state index in [4.69, 9.17) is 0 Å². The van der Waals surface area contributed by atoms with Gasteiger partial charge in [0.1, 0.15) is 6.04 Å². The van der Waals surface area contributed by atoms with E-state index in [2.05, 4.69) is 5.32 Å². The summed E-state index contributed by atoms with van der Waals surface area (Å²) >= 11 is 0. The van der Waals surface area contributed by atoms with Crippen LogP contribution in [0.15, 0.2) is 30.3 Å². The minimum atomic E-state index is -0.614. The van der Waals surface area contributed by atoms with Crippen molar-refractivity contribution in [1.29, 1.82) is 0 Å². The third-order valence-electron chi connectivity index (χ3n) is 5.75. The first-order chi connectivity index (χ1) is 12.9. The molecular formula is C21H29N3O3. The van der Waals surface area contributed by atoms with E-state index < -0.39 is 11.5 Å². The number of benzene rings is 1. The molecule has 1 N–H and O–H groups in total. The Bertz CT molecular complexity index is 719. The molecule has 27 heavy (non-hydrogen) atoms. The maximum Gasteiger partial charge on any atom is 0.245 e. The first kappa shape index (κ1) is 19.4. The molecule has 0 bridgehead atoms. The van der Waals surface area contributed by atoms with Crippen molar-refractivity contribution >= 4 is 17.7 Å². The van der Waals surface area contributed by atoms with Crippen LogP contribution in [0.1, 0.15) is 39.2 Å². The molecule has 1 aromatic carbocycles. The molecule has 146 valence electrons. The summed E-state index contributed by atoms with van der Waals surface area (Å²) in [6, 6.07) is 9.36. The van der Waals surface area contributed by atoms with Gasteiger partial charge < -0.3 is 15.1 Å². The van der Waals surface area contributed by atoms with Crippen LogP contribution >= 0.6 is 0 Å². The van der Waals surface area contributed by atoms with E-state index in [1.807, 2.05) is 51.1 Å². The van der Waals surface area contributed by atoms with Gasteiger partial charge in [0.05, 0.1) is 5.41 Å². The summed E-state index contributed by atoms with van der Waals surface area (Å²) in [4.78, 5) is 41.6. The predicted molar refractivity (Wildman–Crippen MR) is 103 cm³/mol. The third-order valence-corrected chi connectivity index (χ3v) is 5.75. The first-order valence-electron chi connectivity index (χ1n) is 9.79. The number of carbonyl (C=O) groups is 3. The van der Waals surface area contributed by atoms with Gasteiger partial charge >= 0.3 is 0 Å². The normalized spacial score (nSPS) is 24.5. The summed E-state index contributed by atoms with van der Waals surface area (Å²) < 4.78 is 0. The van der Waals surface area contributed by atoms with Crippen LogP contribution in [0.2, 0.25) is 0 Å². The van der Waals surface area contributed by atoms with Gasteiger partial charge in [0.25, 0.3) is 0 Å². The van der Waals surface area contributed by atoms with Gasteiger partial charge in [-0.05, 0) is 25.3 Å². The maximum absolute atomic E-state index is 13.0. The number of nitrogens with zero attached hydrogens (tertiary/aromatic N) is 2. The summed E-state index contributed by atoms with van der Waals surface area (Å²) in [5.41, 5.74) is 0.457. The van der Waals surface area contributed by atoms with E-state index >= 15 is 0 Å². The van der Waals surface area contributed by atoms with Gasteiger partial charge in [-0.3, -0.25) is 14.4 Å². The quantitative estimate of drug-likeness (QED) is 0.858. The molecule has 2 aliphatic rings. The van der Waals surface area contributed by atoms with Gasteiger partial charge in [-0.25, -0.2) is 0 Å². The zero-order valence-electron chi connectivity index (χ0n) is 16.4. The summed E-state index contributed by atoms with van der Waals surface area (Å²) in [7, 11) is 0. The second-order valence-corrected chi connectivity index (χ2v) is 8.01. The molecule has 3 amide bonds. The van der Waals surface area contributed by atoms with Crippen molar-refractivity contribution < 1.29 is 14.4 Å². The van der Waals surface area contributed by atoms with Crippen molar-refractivity contribution in [3.05, 3.63) is 35.9 Å².